The number of aromatic hydroxyl groups is 1. The van der Waals surface area contributed by atoms with Crippen molar-refractivity contribution in [1.82, 2.24) is 0 Å². The molecule has 0 bridgehead atoms. The van der Waals surface area contributed by atoms with Crippen LogP contribution in [0, 0.1) is 6.92 Å². The van der Waals surface area contributed by atoms with Gasteiger partial charge in [0, 0.05) is 5.02 Å². The molecule has 1 amide bonds. The van der Waals surface area contributed by atoms with Gasteiger partial charge in [-0.3, -0.25) is 4.79 Å². The van der Waals surface area contributed by atoms with E-state index in [1.54, 1.807) is 13.8 Å². The number of hydrogen-bond acceptors (Lipinski definition) is 3. The van der Waals surface area contributed by atoms with E-state index < -0.39 is 12.0 Å². The molecule has 0 fully saturated rings. The van der Waals surface area contributed by atoms with Gasteiger partial charge in [0.2, 0.25) is 0 Å². The molecule has 2 rings (SSSR count). The predicted molar refractivity (Wildman–Crippen MR) is 120 cm³/mol. The van der Waals surface area contributed by atoms with E-state index in [1.165, 1.54) is 37.3 Å². The molecule has 0 spiro atoms. The minimum Gasteiger partial charge on any atom is -0.504 e. The first-order chi connectivity index (χ1) is 13.8. The second kappa shape index (κ2) is 11.3. The number of carbonyl (C=O) groups excluding carboxylic acids is 1. The molecule has 29 heavy (non-hydrogen) atoms. The van der Waals surface area contributed by atoms with Gasteiger partial charge in [-0.25, -0.2) is 0 Å². The van der Waals surface area contributed by atoms with Crippen LogP contribution in [-0.4, -0.2) is 17.1 Å². The Morgan fingerprint density at radius 2 is 1.90 bits per heavy atom. The summed E-state index contributed by atoms with van der Waals surface area (Å²) in [7, 11) is 0. The molecule has 1 atom stereocenters. The first-order valence-corrected chi connectivity index (χ1v) is 10.8. The highest BCUT2D eigenvalue weighted by Gasteiger charge is 2.19. The fourth-order valence-electron chi connectivity index (χ4n) is 3.00. The predicted octanol–water partition coefficient (Wildman–Crippen LogP) is 6.93. The van der Waals surface area contributed by atoms with Crippen molar-refractivity contribution >= 4 is 34.8 Å². The SMILES string of the molecule is CCCCCCCc1cccc(OC(C)C(=O)Nc2cc(Cl)c(C)c(Cl)c2O)c1. The normalized spacial score (nSPS) is 11.9. The van der Waals surface area contributed by atoms with E-state index >= 15 is 0 Å². The summed E-state index contributed by atoms with van der Waals surface area (Å²) in [6.45, 7) is 5.56. The number of aryl methyl sites for hydroxylation is 1. The topological polar surface area (TPSA) is 58.6 Å². The fourth-order valence-corrected chi connectivity index (χ4v) is 3.45. The Morgan fingerprint density at radius 1 is 1.17 bits per heavy atom. The minimum absolute atomic E-state index is 0.119. The lowest BCUT2D eigenvalue weighted by atomic mass is 10.1. The molecule has 1 unspecified atom stereocenters. The maximum absolute atomic E-state index is 12.5. The van der Waals surface area contributed by atoms with Crippen LogP contribution in [0.2, 0.25) is 10.0 Å². The van der Waals surface area contributed by atoms with E-state index in [0.29, 0.717) is 16.3 Å². The van der Waals surface area contributed by atoms with Crippen molar-refractivity contribution < 1.29 is 14.6 Å². The van der Waals surface area contributed by atoms with Crippen LogP contribution in [0.25, 0.3) is 0 Å². The summed E-state index contributed by atoms with van der Waals surface area (Å²) < 4.78 is 5.80. The van der Waals surface area contributed by atoms with Gasteiger partial charge >= 0.3 is 0 Å². The number of carbonyl (C=O) groups is 1. The number of phenols is 1. The lowest BCUT2D eigenvalue weighted by Gasteiger charge is -2.17. The van der Waals surface area contributed by atoms with E-state index in [0.717, 1.165) is 12.8 Å². The number of hydrogen-bond donors (Lipinski definition) is 2. The summed E-state index contributed by atoms with van der Waals surface area (Å²) in [5.74, 6) is 0.0309. The molecule has 0 aliphatic rings. The van der Waals surface area contributed by atoms with Gasteiger partial charge in [0.05, 0.1) is 10.7 Å². The molecule has 0 saturated heterocycles. The Labute approximate surface area is 183 Å². The van der Waals surface area contributed by atoms with Crippen LogP contribution in [0.4, 0.5) is 5.69 Å². The zero-order chi connectivity index (χ0) is 21.4. The number of rotatable bonds is 10. The Balaban J connectivity index is 1.95. The van der Waals surface area contributed by atoms with Gasteiger partial charge in [-0.2, -0.15) is 0 Å². The van der Waals surface area contributed by atoms with Crippen molar-refractivity contribution in [3.63, 3.8) is 0 Å². The number of phenolic OH excluding ortho intramolecular Hbond substituents is 1. The number of halogens is 2. The first-order valence-electron chi connectivity index (χ1n) is 10.1. The zero-order valence-electron chi connectivity index (χ0n) is 17.2. The van der Waals surface area contributed by atoms with Gasteiger partial charge in [0.15, 0.2) is 11.9 Å². The molecule has 0 heterocycles. The second-order valence-electron chi connectivity index (χ2n) is 7.25. The van der Waals surface area contributed by atoms with Gasteiger partial charge in [-0.1, -0.05) is 67.9 Å². The van der Waals surface area contributed by atoms with E-state index in [-0.39, 0.29) is 16.5 Å². The van der Waals surface area contributed by atoms with Gasteiger partial charge in [-0.05, 0) is 56.0 Å². The Bertz CT molecular complexity index is 839. The van der Waals surface area contributed by atoms with E-state index in [4.69, 9.17) is 27.9 Å². The molecule has 2 N–H and O–H groups in total. The third kappa shape index (κ3) is 6.83. The summed E-state index contributed by atoms with van der Waals surface area (Å²) in [5.41, 5.74) is 1.91. The van der Waals surface area contributed by atoms with Gasteiger partial charge in [0.1, 0.15) is 5.75 Å². The Hall–Kier alpha value is -1.91. The van der Waals surface area contributed by atoms with E-state index in [2.05, 4.69) is 18.3 Å². The summed E-state index contributed by atoms with van der Waals surface area (Å²) >= 11 is 12.1. The monoisotopic (exact) mass is 437 g/mol. The molecule has 0 aliphatic heterocycles. The fraction of sp³-hybridized carbons (Fsp3) is 0.435. The second-order valence-corrected chi connectivity index (χ2v) is 8.04. The molecule has 0 aromatic heterocycles. The van der Waals surface area contributed by atoms with Crippen LogP contribution in [0.5, 0.6) is 11.5 Å². The molecule has 0 radical (unpaired) electrons. The summed E-state index contributed by atoms with van der Waals surface area (Å²) in [4.78, 5) is 12.5. The molecule has 2 aromatic rings. The third-order valence-corrected chi connectivity index (χ3v) is 5.68. The molecular weight excluding hydrogens is 409 g/mol. The van der Waals surface area contributed by atoms with Crippen LogP contribution >= 0.6 is 23.2 Å². The highest BCUT2D eigenvalue weighted by atomic mass is 35.5. The molecule has 2 aromatic carbocycles. The van der Waals surface area contributed by atoms with Crippen molar-refractivity contribution in [2.24, 2.45) is 0 Å². The molecular formula is C23H29Cl2NO3. The molecule has 0 saturated carbocycles. The molecule has 0 aliphatic carbocycles. The van der Waals surface area contributed by atoms with Crippen molar-refractivity contribution in [2.75, 3.05) is 5.32 Å². The van der Waals surface area contributed by atoms with Gasteiger partial charge < -0.3 is 15.2 Å². The van der Waals surface area contributed by atoms with Crippen LogP contribution < -0.4 is 10.1 Å². The van der Waals surface area contributed by atoms with E-state index in [9.17, 15) is 9.90 Å². The van der Waals surface area contributed by atoms with Crippen molar-refractivity contribution in [1.29, 1.82) is 0 Å². The van der Waals surface area contributed by atoms with E-state index in [1.807, 2.05) is 18.2 Å². The maximum atomic E-state index is 12.5. The average molecular weight is 438 g/mol. The lowest BCUT2D eigenvalue weighted by Crippen LogP contribution is -2.30. The smallest absolute Gasteiger partial charge is 0.265 e. The molecule has 158 valence electrons. The van der Waals surface area contributed by atoms with Crippen LogP contribution in [0.1, 0.15) is 57.1 Å². The highest BCUT2D eigenvalue weighted by Crippen LogP contribution is 2.38. The quantitative estimate of drug-likeness (QED) is 0.313. The lowest BCUT2D eigenvalue weighted by molar-refractivity contribution is -0.122. The summed E-state index contributed by atoms with van der Waals surface area (Å²) in [5, 5.41) is 13.3. The largest absolute Gasteiger partial charge is 0.504 e. The van der Waals surface area contributed by atoms with Gasteiger partial charge in [-0.15, -0.1) is 0 Å². The minimum atomic E-state index is -0.756. The maximum Gasteiger partial charge on any atom is 0.265 e. The number of amides is 1. The Morgan fingerprint density at radius 3 is 2.62 bits per heavy atom. The average Bonchev–Trinajstić information content (AvgIpc) is 2.70. The summed E-state index contributed by atoms with van der Waals surface area (Å²) in [6.07, 6.45) is 6.40. The van der Waals surface area contributed by atoms with Crippen molar-refractivity contribution in [3.05, 3.63) is 51.5 Å². The number of unbranched alkanes of at least 4 members (excludes halogenated alkanes) is 4. The number of nitrogens with one attached hydrogen (secondary N) is 1. The van der Waals surface area contributed by atoms with Crippen molar-refractivity contribution in [2.45, 2.75) is 65.4 Å². The summed E-state index contributed by atoms with van der Waals surface area (Å²) in [6, 6.07) is 9.29. The number of anilines is 1. The molecule has 6 heteroatoms. The number of ether oxygens (including phenoxy) is 1. The number of benzene rings is 2. The van der Waals surface area contributed by atoms with Gasteiger partial charge in [0.25, 0.3) is 5.91 Å². The molecule has 4 nitrogen and oxygen atoms in total. The van der Waals surface area contributed by atoms with Crippen LogP contribution in [0.3, 0.4) is 0 Å². The highest BCUT2D eigenvalue weighted by molar-refractivity contribution is 6.37. The Kier molecular flexibility index (Phi) is 9.12. The first kappa shape index (κ1) is 23.4. The van der Waals surface area contributed by atoms with Crippen molar-refractivity contribution in [3.8, 4) is 11.5 Å². The van der Waals surface area contributed by atoms with Crippen LogP contribution in [0.15, 0.2) is 30.3 Å². The third-order valence-electron chi connectivity index (χ3n) is 4.83. The standard InChI is InChI=1S/C23H29Cl2NO3/c1-4-5-6-7-8-10-17-11-9-12-18(13-17)29-16(3)23(28)26-20-14-19(24)15(2)21(25)22(20)27/h9,11-14,16,27H,4-8,10H2,1-3H3,(H,26,28). The van der Waals surface area contributed by atoms with Crippen LogP contribution in [-0.2, 0) is 11.2 Å². The zero-order valence-corrected chi connectivity index (χ0v) is 18.7.